The third-order valence-corrected chi connectivity index (χ3v) is 5.60. The average Bonchev–Trinajstić information content (AvgIpc) is 3.16. The van der Waals surface area contributed by atoms with Gasteiger partial charge in [-0.1, -0.05) is 35.9 Å². The van der Waals surface area contributed by atoms with Crippen LogP contribution in [0.25, 0.3) is 16.8 Å². The molecule has 0 saturated carbocycles. The molecule has 0 amide bonds. The summed E-state index contributed by atoms with van der Waals surface area (Å²) in [6.07, 6.45) is 3.51. The molecule has 5 nitrogen and oxygen atoms in total. The first-order chi connectivity index (χ1) is 13.0. The highest BCUT2D eigenvalue weighted by molar-refractivity contribution is 7.13. The van der Waals surface area contributed by atoms with Crippen LogP contribution in [-0.4, -0.2) is 32.4 Å². The minimum absolute atomic E-state index is 0.202. The van der Waals surface area contributed by atoms with Crippen molar-refractivity contribution >= 4 is 22.7 Å². The number of rotatable bonds is 4. The van der Waals surface area contributed by atoms with E-state index in [1.807, 2.05) is 24.0 Å². The number of aryl methyl sites for hydroxylation is 2. The number of nitrogens with zero attached hydrogens (tertiary/aromatic N) is 3. The van der Waals surface area contributed by atoms with Crippen LogP contribution in [-0.2, 0) is 6.54 Å². The van der Waals surface area contributed by atoms with Crippen LogP contribution in [0.1, 0.15) is 21.0 Å². The molecule has 0 fully saturated rings. The van der Waals surface area contributed by atoms with E-state index in [0.29, 0.717) is 29.5 Å². The lowest BCUT2D eigenvalue weighted by molar-refractivity contribution is 0.347. The fourth-order valence-corrected chi connectivity index (χ4v) is 4.19. The Morgan fingerprint density at radius 1 is 1.19 bits per heavy atom. The summed E-state index contributed by atoms with van der Waals surface area (Å²) in [7, 11) is 0. The molecule has 0 atom stereocenters. The summed E-state index contributed by atoms with van der Waals surface area (Å²) in [5, 5.41) is 19.8. The number of aromatic nitrogens is 2. The highest BCUT2D eigenvalue weighted by Gasteiger charge is 2.31. The largest absolute Gasteiger partial charge is 0.510 e. The number of thiazole rings is 1. The second-order valence-electron chi connectivity index (χ2n) is 6.68. The van der Waals surface area contributed by atoms with Crippen LogP contribution in [0.15, 0.2) is 54.6 Å². The first kappa shape index (κ1) is 17.4. The summed E-state index contributed by atoms with van der Waals surface area (Å²) in [6.45, 7) is 4.94. The molecule has 0 spiro atoms. The smallest absolute Gasteiger partial charge is 0.135 e. The number of aliphatic hydroxyl groups is 1. The van der Waals surface area contributed by atoms with Crippen LogP contribution in [0.4, 0.5) is 0 Å². The Morgan fingerprint density at radius 3 is 2.67 bits per heavy atom. The van der Waals surface area contributed by atoms with E-state index in [1.165, 1.54) is 16.9 Å². The molecule has 2 aromatic heterocycles. The Hall–Kier alpha value is -2.99. The molecule has 3 aromatic rings. The van der Waals surface area contributed by atoms with Crippen molar-refractivity contribution in [3.05, 3.63) is 75.6 Å². The molecule has 0 aliphatic carbocycles. The molecular formula is C21H20N4OS. The predicted octanol–water partition coefficient (Wildman–Crippen LogP) is 4.58. The Labute approximate surface area is 162 Å². The van der Waals surface area contributed by atoms with Crippen molar-refractivity contribution in [2.75, 3.05) is 6.54 Å². The Balaban J connectivity index is 1.61. The molecule has 1 aliphatic rings. The van der Waals surface area contributed by atoms with Gasteiger partial charge in [-0.05, 0) is 25.5 Å². The maximum Gasteiger partial charge on any atom is 0.135 e. The SMILES string of the molecule is Cc1ccc(-c2nc(C3=C(O)CN(Cc4cccnc4)C3=N)sc2C)cc1. The van der Waals surface area contributed by atoms with Crippen LogP contribution >= 0.6 is 11.3 Å². The van der Waals surface area contributed by atoms with Crippen molar-refractivity contribution in [2.24, 2.45) is 0 Å². The van der Waals surface area contributed by atoms with Crippen molar-refractivity contribution < 1.29 is 5.11 Å². The molecule has 27 heavy (non-hydrogen) atoms. The number of benzene rings is 1. The van der Waals surface area contributed by atoms with Gasteiger partial charge in [0.15, 0.2) is 0 Å². The van der Waals surface area contributed by atoms with Gasteiger partial charge in [0.2, 0.25) is 0 Å². The molecule has 0 saturated heterocycles. The zero-order chi connectivity index (χ0) is 19.0. The maximum absolute atomic E-state index is 10.5. The summed E-state index contributed by atoms with van der Waals surface area (Å²) >= 11 is 1.52. The van der Waals surface area contributed by atoms with Crippen LogP contribution in [0.3, 0.4) is 0 Å². The summed E-state index contributed by atoms with van der Waals surface area (Å²) in [5.41, 5.74) is 4.71. The summed E-state index contributed by atoms with van der Waals surface area (Å²) < 4.78 is 0. The minimum atomic E-state index is 0.202. The van der Waals surface area contributed by atoms with Crippen molar-refractivity contribution in [2.45, 2.75) is 20.4 Å². The maximum atomic E-state index is 10.5. The lowest BCUT2D eigenvalue weighted by Crippen LogP contribution is -2.26. The summed E-state index contributed by atoms with van der Waals surface area (Å²) in [4.78, 5) is 11.8. The van der Waals surface area contributed by atoms with Crippen molar-refractivity contribution in [3.8, 4) is 11.3 Å². The third-order valence-electron chi connectivity index (χ3n) is 4.61. The van der Waals surface area contributed by atoms with Gasteiger partial charge >= 0.3 is 0 Å². The lowest BCUT2D eigenvalue weighted by atomic mass is 10.1. The van der Waals surface area contributed by atoms with Gasteiger partial charge in [-0.25, -0.2) is 4.98 Å². The predicted molar refractivity (Wildman–Crippen MR) is 109 cm³/mol. The topological polar surface area (TPSA) is 73.1 Å². The van der Waals surface area contributed by atoms with Gasteiger partial charge in [-0.15, -0.1) is 11.3 Å². The highest BCUT2D eigenvalue weighted by Crippen LogP contribution is 2.35. The first-order valence-corrected chi connectivity index (χ1v) is 9.54. The van der Waals surface area contributed by atoms with E-state index in [4.69, 9.17) is 10.4 Å². The molecular weight excluding hydrogens is 356 g/mol. The van der Waals surface area contributed by atoms with Crippen molar-refractivity contribution in [3.63, 3.8) is 0 Å². The van der Waals surface area contributed by atoms with Gasteiger partial charge in [0.25, 0.3) is 0 Å². The van der Waals surface area contributed by atoms with E-state index >= 15 is 0 Å². The second kappa shape index (κ2) is 6.96. The quantitative estimate of drug-likeness (QED) is 0.699. The van der Waals surface area contributed by atoms with E-state index < -0.39 is 0 Å². The normalized spacial score (nSPS) is 14.3. The lowest BCUT2D eigenvalue weighted by Gasteiger charge is -2.18. The fraction of sp³-hybridized carbons (Fsp3) is 0.190. The molecule has 4 rings (SSSR count). The number of hydrogen-bond acceptors (Lipinski definition) is 5. The number of nitrogens with one attached hydrogen (secondary N) is 1. The third kappa shape index (κ3) is 3.36. The van der Waals surface area contributed by atoms with Crippen LogP contribution in [0, 0.1) is 19.3 Å². The van der Waals surface area contributed by atoms with Gasteiger partial charge in [0.1, 0.15) is 16.6 Å². The van der Waals surface area contributed by atoms with Crippen LogP contribution < -0.4 is 0 Å². The first-order valence-electron chi connectivity index (χ1n) is 8.72. The number of pyridine rings is 1. The molecule has 0 bridgehead atoms. The molecule has 136 valence electrons. The molecule has 1 aliphatic heterocycles. The standard InChI is InChI=1S/C21H20N4OS/c1-13-5-7-16(8-6-13)19-14(2)27-21(24-19)18-17(26)12-25(20(18)22)11-15-4-3-9-23-10-15/h3-10,22,26H,11-12H2,1-2H3. The van der Waals surface area contributed by atoms with E-state index in [9.17, 15) is 5.11 Å². The second-order valence-corrected chi connectivity index (χ2v) is 7.88. The zero-order valence-corrected chi connectivity index (χ0v) is 16.0. The van der Waals surface area contributed by atoms with Gasteiger partial charge in [-0.3, -0.25) is 10.4 Å². The van der Waals surface area contributed by atoms with Crippen LogP contribution in [0.2, 0.25) is 0 Å². The fourth-order valence-electron chi connectivity index (χ4n) is 3.19. The van der Waals surface area contributed by atoms with E-state index in [1.54, 1.807) is 12.4 Å². The van der Waals surface area contributed by atoms with Gasteiger partial charge in [-0.2, -0.15) is 0 Å². The summed E-state index contributed by atoms with van der Waals surface area (Å²) in [5.74, 6) is 0.508. The molecule has 6 heteroatoms. The van der Waals surface area contributed by atoms with Gasteiger partial charge in [0, 0.05) is 29.4 Å². The molecule has 3 heterocycles. The number of hydrogen-bond donors (Lipinski definition) is 2. The Morgan fingerprint density at radius 2 is 1.96 bits per heavy atom. The van der Waals surface area contributed by atoms with Gasteiger partial charge < -0.3 is 10.0 Å². The van der Waals surface area contributed by atoms with Gasteiger partial charge in [0.05, 0.1) is 17.8 Å². The average molecular weight is 376 g/mol. The zero-order valence-electron chi connectivity index (χ0n) is 15.2. The van der Waals surface area contributed by atoms with E-state index in [-0.39, 0.29) is 5.76 Å². The molecule has 0 unspecified atom stereocenters. The van der Waals surface area contributed by atoms with Crippen LogP contribution in [0.5, 0.6) is 0 Å². The van der Waals surface area contributed by atoms with Crippen molar-refractivity contribution in [1.29, 1.82) is 5.41 Å². The number of amidine groups is 1. The number of aliphatic hydroxyl groups excluding tert-OH is 1. The van der Waals surface area contributed by atoms with Crippen molar-refractivity contribution in [1.82, 2.24) is 14.9 Å². The molecule has 1 aromatic carbocycles. The monoisotopic (exact) mass is 376 g/mol. The summed E-state index contributed by atoms with van der Waals surface area (Å²) in [6, 6.07) is 12.1. The molecule has 0 radical (unpaired) electrons. The highest BCUT2D eigenvalue weighted by atomic mass is 32.1. The van der Waals surface area contributed by atoms with E-state index in [2.05, 4.69) is 36.2 Å². The Bertz CT molecular complexity index is 1020. The molecule has 2 N–H and O–H groups in total. The minimum Gasteiger partial charge on any atom is -0.510 e. The Kier molecular flexibility index (Phi) is 4.49. The van der Waals surface area contributed by atoms with E-state index in [0.717, 1.165) is 21.7 Å².